The van der Waals surface area contributed by atoms with Gasteiger partial charge in [-0.15, -0.1) is 0 Å². The summed E-state index contributed by atoms with van der Waals surface area (Å²) < 4.78 is 0. The molecule has 104 valence electrons. The summed E-state index contributed by atoms with van der Waals surface area (Å²) in [5.74, 6) is 4.66. The van der Waals surface area contributed by atoms with E-state index in [1.807, 2.05) is 0 Å². The quantitative estimate of drug-likeness (QED) is 0.496. The van der Waals surface area contributed by atoms with Crippen LogP contribution in [0.5, 0.6) is 0 Å². The van der Waals surface area contributed by atoms with Gasteiger partial charge in [0.25, 0.3) is 0 Å². The molecule has 0 heterocycles. The van der Waals surface area contributed by atoms with E-state index in [9.17, 15) is 0 Å². The highest BCUT2D eigenvalue weighted by Gasteiger charge is 2.29. The van der Waals surface area contributed by atoms with Crippen molar-refractivity contribution in [3.8, 4) is 0 Å². The van der Waals surface area contributed by atoms with Crippen LogP contribution in [0.25, 0.3) is 0 Å². The average molecular weight is 248 g/mol. The Bertz CT molecular complexity index is 194. The lowest BCUT2D eigenvalue weighted by Crippen LogP contribution is -2.12. The topological polar surface area (TPSA) is 0 Å². The summed E-state index contributed by atoms with van der Waals surface area (Å²) >= 11 is 0. The molecule has 0 heteroatoms. The molecule has 0 aromatic rings. The zero-order valence-corrected chi connectivity index (χ0v) is 12.2. The Labute approximate surface area is 114 Å². The van der Waals surface area contributed by atoms with E-state index >= 15 is 0 Å². The molecule has 0 saturated heterocycles. The maximum atomic E-state index is 1.56. The summed E-state index contributed by atoms with van der Waals surface area (Å²) in [6.45, 7) is 0. The van der Waals surface area contributed by atoms with Gasteiger partial charge in [0.15, 0.2) is 0 Å². The zero-order valence-electron chi connectivity index (χ0n) is 12.2. The van der Waals surface area contributed by atoms with Gasteiger partial charge in [-0.1, -0.05) is 89.9 Å². The fourth-order valence-corrected chi connectivity index (χ4v) is 5.37. The van der Waals surface area contributed by atoms with Crippen molar-refractivity contribution in [2.45, 2.75) is 89.9 Å². The Morgan fingerprint density at radius 2 is 0.500 bits per heavy atom. The molecule has 0 aromatic heterocycles. The van der Waals surface area contributed by atoms with Gasteiger partial charge < -0.3 is 0 Å². The van der Waals surface area contributed by atoms with E-state index in [0.29, 0.717) is 0 Å². The Kier molecular flexibility index (Phi) is 4.65. The first-order chi connectivity index (χ1) is 8.93. The van der Waals surface area contributed by atoms with Crippen LogP contribution in [0.3, 0.4) is 0 Å². The smallest absolute Gasteiger partial charge is 0.0386 e. The highest BCUT2D eigenvalue weighted by Crippen LogP contribution is 2.42. The van der Waals surface area contributed by atoms with Crippen molar-refractivity contribution in [1.29, 1.82) is 0 Å². The molecule has 18 heavy (non-hydrogen) atoms. The molecule has 4 unspecified atom stereocenters. The number of rotatable bonds is 0. The van der Waals surface area contributed by atoms with E-state index in [2.05, 4.69) is 0 Å². The third kappa shape index (κ3) is 3.11. The third-order valence-corrected chi connectivity index (χ3v) is 6.43. The molecular formula is C18H32. The fourth-order valence-electron chi connectivity index (χ4n) is 5.37. The van der Waals surface area contributed by atoms with Crippen LogP contribution in [-0.2, 0) is 0 Å². The lowest BCUT2D eigenvalue weighted by molar-refractivity contribution is 0.277. The summed E-state index contributed by atoms with van der Waals surface area (Å²) in [4.78, 5) is 0. The number of hydrogen-bond donors (Lipinski definition) is 0. The molecule has 0 nitrogen and oxygen atoms in total. The molecule has 4 rings (SSSR count). The normalized spacial score (nSPS) is 42.7. The maximum absolute atomic E-state index is 1.56. The summed E-state index contributed by atoms with van der Waals surface area (Å²) in [5.41, 5.74) is 0. The summed E-state index contributed by atoms with van der Waals surface area (Å²) in [7, 11) is 0. The molecular weight excluding hydrogens is 216 g/mol. The minimum Gasteiger partial charge on any atom is -0.0530 e. The van der Waals surface area contributed by atoms with Gasteiger partial charge in [0.2, 0.25) is 0 Å². The summed E-state index contributed by atoms with van der Waals surface area (Å²) in [6.07, 6.45) is 21.7. The summed E-state index contributed by atoms with van der Waals surface area (Å²) in [5, 5.41) is 0. The van der Waals surface area contributed by atoms with E-state index < -0.39 is 0 Å². The highest BCUT2D eigenvalue weighted by atomic mass is 14.3. The minimum absolute atomic E-state index is 1.17. The Morgan fingerprint density at radius 3 is 0.778 bits per heavy atom. The van der Waals surface area contributed by atoms with Crippen molar-refractivity contribution < 1.29 is 0 Å². The maximum Gasteiger partial charge on any atom is -0.0386 e. The van der Waals surface area contributed by atoms with Gasteiger partial charge in [0, 0.05) is 0 Å². The molecule has 0 amide bonds. The second-order valence-electron chi connectivity index (χ2n) is 7.47. The van der Waals surface area contributed by atoms with Crippen molar-refractivity contribution >= 4 is 0 Å². The molecule has 4 saturated carbocycles. The zero-order chi connectivity index (χ0) is 12.2. The first kappa shape index (κ1) is 13.0. The highest BCUT2D eigenvalue weighted by molar-refractivity contribution is 4.81. The molecule has 4 atom stereocenters. The number of fused-ring (bicyclic) bond motifs is 2. The van der Waals surface area contributed by atoms with Gasteiger partial charge in [0.05, 0.1) is 0 Å². The van der Waals surface area contributed by atoms with Crippen molar-refractivity contribution in [1.82, 2.24) is 0 Å². The molecule has 0 aliphatic heterocycles. The van der Waals surface area contributed by atoms with E-state index in [1.54, 1.807) is 51.4 Å². The lowest BCUT2D eigenvalue weighted by atomic mass is 9.82. The Hall–Kier alpha value is 0. The van der Waals surface area contributed by atoms with Crippen LogP contribution in [0.4, 0.5) is 0 Å². The van der Waals surface area contributed by atoms with Gasteiger partial charge in [0.1, 0.15) is 0 Å². The SMILES string of the molecule is C1CCC2CCCC2C1.C1CCC2CCCC2C1. The molecule has 4 aliphatic rings. The van der Waals surface area contributed by atoms with Crippen molar-refractivity contribution in [2.24, 2.45) is 23.7 Å². The molecule has 0 bridgehead atoms. The van der Waals surface area contributed by atoms with Crippen molar-refractivity contribution in [3.63, 3.8) is 0 Å². The Morgan fingerprint density at radius 1 is 0.278 bits per heavy atom. The van der Waals surface area contributed by atoms with Crippen molar-refractivity contribution in [3.05, 3.63) is 0 Å². The van der Waals surface area contributed by atoms with Crippen LogP contribution in [0, 0.1) is 23.7 Å². The predicted octanol–water partition coefficient (Wildman–Crippen LogP) is 5.95. The second-order valence-corrected chi connectivity index (χ2v) is 7.47. The average Bonchev–Trinajstić information content (AvgIpc) is 3.08. The van der Waals surface area contributed by atoms with Crippen LogP contribution in [0.15, 0.2) is 0 Å². The van der Waals surface area contributed by atoms with E-state index in [0.717, 1.165) is 0 Å². The van der Waals surface area contributed by atoms with Gasteiger partial charge >= 0.3 is 0 Å². The standard InChI is InChI=1S/2C9H16/c2*1-2-5-9-7-3-6-8(9)4-1/h2*8-9H,1-7H2. The largest absolute Gasteiger partial charge is 0.0530 e. The molecule has 0 radical (unpaired) electrons. The Balaban J connectivity index is 0.000000111. The number of hydrogen-bond acceptors (Lipinski definition) is 0. The van der Waals surface area contributed by atoms with E-state index in [4.69, 9.17) is 0 Å². The fraction of sp³-hybridized carbons (Fsp3) is 1.00. The molecule has 4 aliphatic carbocycles. The monoisotopic (exact) mass is 248 g/mol. The first-order valence-electron chi connectivity index (χ1n) is 8.93. The predicted molar refractivity (Wildman–Crippen MR) is 78.6 cm³/mol. The van der Waals surface area contributed by atoms with Crippen LogP contribution >= 0.6 is 0 Å². The van der Waals surface area contributed by atoms with Crippen LogP contribution in [-0.4, -0.2) is 0 Å². The molecule has 0 N–H and O–H groups in total. The van der Waals surface area contributed by atoms with Crippen LogP contribution < -0.4 is 0 Å². The van der Waals surface area contributed by atoms with Crippen LogP contribution in [0.2, 0.25) is 0 Å². The van der Waals surface area contributed by atoms with Gasteiger partial charge in [-0.25, -0.2) is 0 Å². The molecule has 0 spiro atoms. The first-order valence-corrected chi connectivity index (χ1v) is 8.93. The van der Waals surface area contributed by atoms with E-state index in [-0.39, 0.29) is 0 Å². The van der Waals surface area contributed by atoms with Gasteiger partial charge in [-0.05, 0) is 23.7 Å². The van der Waals surface area contributed by atoms with Crippen LogP contribution in [0.1, 0.15) is 89.9 Å². The third-order valence-electron chi connectivity index (χ3n) is 6.43. The second kappa shape index (κ2) is 6.44. The summed E-state index contributed by atoms with van der Waals surface area (Å²) in [6, 6.07) is 0. The van der Waals surface area contributed by atoms with Crippen molar-refractivity contribution in [2.75, 3.05) is 0 Å². The van der Waals surface area contributed by atoms with E-state index in [1.165, 1.54) is 62.2 Å². The molecule has 4 fully saturated rings. The van der Waals surface area contributed by atoms with Gasteiger partial charge in [-0.3, -0.25) is 0 Å². The van der Waals surface area contributed by atoms with Gasteiger partial charge in [-0.2, -0.15) is 0 Å². The minimum atomic E-state index is 1.17. The molecule has 0 aromatic carbocycles. The lowest BCUT2D eigenvalue weighted by Gasteiger charge is -2.24.